The fraction of sp³-hybridized carbons (Fsp3) is 0.0526. The summed E-state index contributed by atoms with van der Waals surface area (Å²) in [5.74, 6) is -0.413. The van der Waals surface area contributed by atoms with Crippen LogP contribution in [0.1, 0.15) is 15.9 Å². The fourth-order valence-corrected chi connectivity index (χ4v) is 2.29. The molecule has 2 N–H and O–H groups in total. The van der Waals surface area contributed by atoms with Crippen LogP contribution in [-0.4, -0.2) is 16.1 Å². The first-order chi connectivity index (χ1) is 11.6. The fourth-order valence-electron chi connectivity index (χ4n) is 2.29. The first-order valence-corrected chi connectivity index (χ1v) is 7.36. The second-order valence-electron chi connectivity index (χ2n) is 5.23. The maximum Gasteiger partial charge on any atom is 0.337 e. The predicted octanol–water partition coefficient (Wildman–Crippen LogP) is 3.32. The Morgan fingerprint density at radius 3 is 2.42 bits per heavy atom. The van der Waals surface area contributed by atoms with Crippen molar-refractivity contribution in [3.05, 3.63) is 88.3 Å². The minimum atomic E-state index is -1.09. The van der Waals surface area contributed by atoms with Crippen LogP contribution in [0, 0.1) is 0 Å². The molecule has 3 aromatic rings. The topological polar surface area (TPSA) is 79.4 Å². The van der Waals surface area contributed by atoms with Gasteiger partial charge < -0.3 is 14.8 Å². The maximum absolute atomic E-state index is 11.9. The number of hydrogen-bond acceptors (Lipinski definition) is 3. The Balaban J connectivity index is 1.78. The highest BCUT2D eigenvalue weighted by Gasteiger charge is 2.09. The lowest BCUT2D eigenvalue weighted by Gasteiger charge is -2.07. The summed E-state index contributed by atoms with van der Waals surface area (Å²) in [6.45, 7) is 0.454. The molecule has 0 radical (unpaired) electrons. The number of carboxylic acids is 1. The Labute approximate surface area is 138 Å². The normalized spacial score (nSPS) is 10.3. The average molecular weight is 321 g/mol. The highest BCUT2D eigenvalue weighted by Crippen LogP contribution is 2.21. The number of aromatic carboxylic acids is 1. The van der Waals surface area contributed by atoms with Gasteiger partial charge in [-0.2, -0.15) is 0 Å². The number of rotatable bonds is 5. The summed E-state index contributed by atoms with van der Waals surface area (Å²) < 4.78 is 5.70. The van der Waals surface area contributed by atoms with Gasteiger partial charge >= 0.3 is 5.97 Å². The van der Waals surface area contributed by atoms with E-state index >= 15 is 0 Å². The SMILES string of the molecule is O=C(O)c1c[nH]c(=O)c(-c2ccc(OCc3ccccc3)cc2)c1. The van der Waals surface area contributed by atoms with Crippen molar-refractivity contribution in [1.82, 2.24) is 4.98 Å². The van der Waals surface area contributed by atoms with Gasteiger partial charge in [0.25, 0.3) is 5.56 Å². The van der Waals surface area contributed by atoms with E-state index in [0.717, 1.165) is 5.56 Å². The Bertz CT molecular complexity index is 899. The molecule has 0 aliphatic heterocycles. The molecule has 0 spiro atoms. The zero-order chi connectivity index (χ0) is 16.9. The smallest absolute Gasteiger partial charge is 0.337 e. The van der Waals surface area contributed by atoms with Crippen LogP contribution in [0.4, 0.5) is 0 Å². The summed E-state index contributed by atoms with van der Waals surface area (Å²) in [5, 5.41) is 9.03. The summed E-state index contributed by atoms with van der Waals surface area (Å²) in [7, 11) is 0. The van der Waals surface area contributed by atoms with Crippen molar-refractivity contribution in [2.75, 3.05) is 0 Å². The molecular formula is C19H15NO4. The molecule has 0 saturated heterocycles. The van der Waals surface area contributed by atoms with Gasteiger partial charge in [0.2, 0.25) is 0 Å². The third kappa shape index (κ3) is 3.52. The largest absolute Gasteiger partial charge is 0.489 e. The summed E-state index contributed by atoms with van der Waals surface area (Å²) in [6, 6.07) is 18.1. The van der Waals surface area contributed by atoms with E-state index in [-0.39, 0.29) is 11.1 Å². The third-order valence-corrected chi connectivity index (χ3v) is 3.56. The number of nitrogens with one attached hydrogen (secondary N) is 1. The molecule has 120 valence electrons. The van der Waals surface area contributed by atoms with Gasteiger partial charge in [0.05, 0.1) is 5.56 Å². The minimum Gasteiger partial charge on any atom is -0.489 e. The van der Waals surface area contributed by atoms with Crippen LogP contribution in [0.5, 0.6) is 5.75 Å². The van der Waals surface area contributed by atoms with Crippen molar-refractivity contribution in [2.45, 2.75) is 6.61 Å². The first-order valence-electron chi connectivity index (χ1n) is 7.36. The molecule has 5 heteroatoms. The Hall–Kier alpha value is -3.34. The van der Waals surface area contributed by atoms with E-state index in [0.29, 0.717) is 23.5 Å². The molecule has 1 aromatic heterocycles. The van der Waals surface area contributed by atoms with E-state index in [1.165, 1.54) is 12.3 Å². The number of carbonyl (C=O) groups is 1. The average Bonchev–Trinajstić information content (AvgIpc) is 2.61. The molecule has 0 aliphatic rings. The monoisotopic (exact) mass is 321 g/mol. The molecule has 0 fully saturated rings. The van der Waals surface area contributed by atoms with Gasteiger partial charge in [0.1, 0.15) is 12.4 Å². The second kappa shape index (κ2) is 6.83. The number of benzene rings is 2. The zero-order valence-electron chi connectivity index (χ0n) is 12.7. The van der Waals surface area contributed by atoms with Crippen molar-refractivity contribution in [3.8, 4) is 16.9 Å². The van der Waals surface area contributed by atoms with E-state index in [1.807, 2.05) is 30.3 Å². The number of aromatic amines is 1. The van der Waals surface area contributed by atoms with Crippen molar-refractivity contribution in [3.63, 3.8) is 0 Å². The van der Waals surface area contributed by atoms with Gasteiger partial charge in [-0.25, -0.2) is 4.79 Å². The van der Waals surface area contributed by atoms with Gasteiger partial charge in [-0.3, -0.25) is 4.79 Å². The van der Waals surface area contributed by atoms with Gasteiger partial charge in [0, 0.05) is 11.8 Å². The maximum atomic E-state index is 11.9. The Kier molecular flexibility index (Phi) is 4.43. The van der Waals surface area contributed by atoms with Gasteiger partial charge in [0.15, 0.2) is 0 Å². The van der Waals surface area contributed by atoms with Crippen LogP contribution in [0.25, 0.3) is 11.1 Å². The lowest BCUT2D eigenvalue weighted by atomic mass is 10.1. The highest BCUT2D eigenvalue weighted by molar-refractivity contribution is 5.88. The summed E-state index contributed by atoms with van der Waals surface area (Å²) in [6.07, 6.45) is 1.19. The number of pyridine rings is 1. The van der Waals surface area contributed by atoms with Crippen molar-refractivity contribution in [1.29, 1.82) is 0 Å². The Morgan fingerprint density at radius 2 is 1.75 bits per heavy atom. The molecule has 3 rings (SSSR count). The van der Waals surface area contributed by atoms with Crippen molar-refractivity contribution in [2.24, 2.45) is 0 Å². The number of ether oxygens (including phenoxy) is 1. The summed E-state index contributed by atoms with van der Waals surface area (Å²) >= 11 is 0. The molecule has 0 aliphatic carbocycles. The van der Waals surface area contributed by atoms with Crippen LogP contribution in [0.15, 0.2) is 71.7 Å². The van der Waals surface area contributed by atoms with E-state index < -0.39 is 5.97 Å². The molecular weight excluding hydrogens is 306 g/mol. The minimum absolute atomic E-state index is 0.0361. The summed E-state index contributed by atoms with van der Waals surface area (Å²) in [4.78, 5) is 25.4. The zero-order valence-corrected chi connectivity index (χ0v) is 12.7. The van der Waals surface area contributed by atoms with E-state index in [1.54, 1.807) is 24.3 Å². The Morgan fingerprint density at radius 1 is 1.04 bits per heavy atom. The first kappa shape index (κ1) is 15.6. The molecule has 0 bridgehead atoms. The molecule has 0 atom stereocenters. The quantitative estimate of drug-likeness (QED) is 0.755. The summed E-state index contributed by atoms with van der Waals surface area (Å²) in [5.41, 5.74) is 1.70. The molecule has 0 saturated carbocycles. The van der Waals surface area contributed by atoms with E-state index in [2.05, 4.69) is 4.98 Å². The van der Waals surface area contributed by atoms with E-state index in [4.69, 9.17) is 9.84 Å². The number of H-pyrrole nitrogens is 1. The highest BCUT2D eigenvalue weighted by atomic mass is 16.5. The van der Waals surface area contributed by atoms with Gasteiger partial charge in [-0.05, 0) is 29.3 Å². The van der Waals surface area contributed by atoms with Gasteiger partial charge in [-0.15, -0.1) is 0 Å². The van der Waals surface area contributed by atoms with Crippen LogP contribution >= 0.6 is 0 Å². The van der Waals surface area contributed by atoms with Crippen LogP contribution in [0.2, 0.25) is 0 Å². The molecule has 0 amide bonds. The lowest BCUT2D eigenvalue weighted by Crippen LogP contribution is -2.11. The van der Waals surface area contributed by atoms with Crippen LogP contribution in [-0.2, 0) is 6.61 Å². The molecule has 1 heterocycles. The molecule has 2 aromatic carbocycles. The van der Waals surface area contributed by atoms with Crippen molar-refractivity contribution >= 4 is 5.97 Å². The van der Waals surface area contributed by atoms with Crippen LogP contribution < -0.4 is 10.3 Å². The van der Waals surface area contributed by atoms with Crippen LogP contribution in [0.3, 0.4) is 0 Å². The molecule has 0 unspecified atom stereocenters. The standard InChI is InChI=1S/C19H15NO4/c21-18-17(10-15(11-20-18)19(22)23)14-6-8-16(9-7-14)24-12-13-4-2-1-3-5-13/h1-11H,12H2,(H,20,21)(H,22,23). The number of aromatic nitrogens is 1. The van der Waals surface area contributed by atoms with Crippen molar-refractivity contribution < 1.29 is 14.6 Å². The number of hydrogen-bond donors (Lipinski definition) is 2. The van der Waals surface area contributed by atoms with Gasteiger partial charge in [-0.1, -0.05) is 42.5 Å². The number of carboxylic acid groups (broad SMARTS) is 1. The lowest BCUT2D eigenvalue weighted by molar-refractivity contribution is 0.0696. The molecule has 24 heavy (non-hydrogen) atoms. The predicted molar refractivity (Wildman–Crippen MR) is 90.2 cm³/mol. The van der Waals surface area contributed by atoms with E-state index in [9.17, 15) is 9.59 Å². The second-order valence-corrected chi connectivity index (χ2v) is 5.23. The molecule has 5 nitrogen and oxygen atoms in total. The third-order valence-electron chi connectivity index (χ3n) is 3.56.